The van der Waals surface area contributed by atoms with Gasteiger partial charge in [0.1, 0.15) is 0 Å². The zero-order chi connectivity index (χ0) is 13.8. The van der Waals surface area contributed by atoms with Crippen molar-refractivity contribution in [1.82, 2.24) is 9.47 Å². The largest absolute Gasteiger partial charge is 0.351 e. The third-order valence-electron chi connectivity index (χ3n) is 4.24. The third-order valence-corrected chi connectivity index (χ3v) is 4.24. The van der Waals surface area contributed by atoms with Gasteiger partial charge in [-0.2, -0.15) is 0 Å². The predicted octanol–water partition coefficient (Wildman–Crippen LogP) is 3.13. The highest BCUT2D eigenvalue weighted by atomic mass is 16.1. The van der Waals surface area contributed by atoms with Gasteiger partial charge in [0.05, 0.1) is 0 Å². The van der Waals surface area contributed by atoms with Gasteiger partial charge in [-0.05, 0) is 59.2 Å². The monoisotopic (exact) mass is 262 g/mol. The number of aromatic nitrogens is 1. The van der Waals surface area contributed by atoms with Gasteiger partial charge in [0.2, 0.25) is 0 Å². The molecule has 3 nitrogen and oxygen atoms in total. The number of aryl methyl sites for hydroxylation is 1. The number of ketones is 1. The molecule has 0 aliphatic heterocycles. The van der Waals surface area contributed by atoms with Crippen LogP contribution in [0.4, 0.5) is 0 Å². The van der Waals surface area contributed by atoms with E-state index in [2.05, 4.69) is 36.6 Å². The minimum Gasteiger partial charge on any atom is -0.351 e. The van der Waals surface area contributed by atoms with Crippen LogP contribution in [-0.2, 0) is 13.0 Å². The molecule has 1 aliphatic rings. The molecule has 2 rings (SSSR count). The molecule has 0 unspecified atom stereocenters. The Labute approximate surface area is 116 Å². The van der Waals surface area contributed by atoms with Gasteiger partial charge in [-0.1, -0.05) is 0 Å². The topological polar surface area (TPSA) is 25.2 Å². The number of unbranched alkanes of at least 4 members (excludes halogenated alkanes) is 1. The van der Waals surface area contributed by atoms with Crippen molar-refractivity contribution in [3.63, 3.8) is 0 Å². The predicted molar refractivity (Wildman–Crippen MR) is 78.7 cm³/mol. The smallest absolute Gasteiger partial charge is 0.164 e. The van der Waals surface area contributed by atoms with Gasteiger partial charge in [0.25, 0.3) is 0 Å². The summed E-state index contributed by atoms with van der Waals surface area (Å²) >= 11 is 0. The van der Waals surface area contributed by atoms with E-state index >= 15 is 0 Å². The van der Waals surface area contributed by atoms with Crippen LogP contribution in [0.5, 0.6) is 0 Å². The summed E-state index contributed by atoms with van der Waals surface area (Å²) in [4.78, 5) is 14.2. The van der Waals surface area contributed by atoms with Crippen molar-refractivity contribution in [3.8, 4) is 0 Å². The standard InChI is InChI=1S/C16H26N2O/c1-13(2)17(3)10-4-5-11-18-12-9-14-15(18)7-6-8-16(14)19/h9,12-13H,4-8,10-11H2,1-3H3. The molecule has 0 spiro atoms. The van der Waals surface area contributed by atoms with Gasteiger partial charge in [-0.3, -0.25) is 4.79 Å². The van der Waals surface area contributed by atoms with Gasteiger partial charge < -0.3 is 9.47 Å². The number of nitrogens with zero attached hydrogens (tertiary/aromatic N) is 2. The summed E-state index contributed by atoms with van der Waals surface area (Å²) in [5, 5.41) is 0. The van der Waals surface area contributed by atoms with Gasteiger partial charge in [0, 0.05) is 36.5 Å². The molecule has 0 radical (unpaired) electrons. The van der Waals surface area contributed by atoms with Crippen molar-refractivity contribution in [2.75, 3.05) is 13.6 Å². The summed E-state index contributed by atoms with van der Waals surface area (Å²) in [6.45, 7) is 6.66. The summed E-state index contributed by atoms with van der Waals surface area (Å²) < 4.78 is 2.29. The highest BCUT2D eigenvalue weighted by molar-refractivity contribution is 5.98. The maximum Gasteiger partial charge on any atom is 0.164 e. The van der Waals surface area contributed by atoms with Crippen LogP contribution in [0.1, 0.15) is 55.6 Å². The lowest BCUT2D eigenvalue weighted by atomic mass is 9.97. The fraction of sp³-hybridized carbons (Fsp3) is 0.688. The van der Waals surface area contributed by atoms with E-state index in [0.717, 1.165) is 37.9 Å². The van der Waals surface area contributed by atoms with Crippen LogP contribution in [0, 0.1) is 0 Å². The lowest BCUT2D eigenvalue weighted by Crippen LogP contribution is -2.27. The van der Waals surface area contributed by atoms with Gasteiger partial charge >= 0.3 is 0 Å². The molecule has 0 bridgehead atoms. The molecular weight excluding hydrogens is 236 g/mol. The second-order valence-corrected chi connectivity index (χ2v) is 5.93. The number of fused-ring (bicyclic) bond motifs is 1. The average molecular weight is 262 g/mol. The minimum atomic E-state index is 0.333. The summed E-state index contributed by atoms with van der Waals surface area (Å²) in [7, 11) is 2.18. The van der Waals surface area contributed by atoms with E-state index in [0.29, 0.717) is 11.8 Å². The first-order valence-corrected chi connectivity index (χ1v) is 7.51. The second-order valence-electron chi connectivity index (χ2n) is 5.93. The van der Waals surface area contributed by atoms with E-state index in [1.165, 1.54) is 18.5 Å². The first-order chi connectivity index (χ1) is 9.09. The number of carbonyl (C=O) groups is 1. The molecule has 0 aromatic carbocycles. The van der Waals surface area contributed by atoms with Gasteiger partial charge in [0.15, 0.2) is 5.78 Å². The quantitative estimate of drug-likeness (QED) is 0.736. The van der Waals surface area contributed by atoms with Crippen LogP contribution < -0.4 is 0 Å². The Balaban J connectivity index is 1.82. The van der Waals surface area contributed by atoms with Gasteiger partial charge in [-0.25, -0.2) is 0 Å². The molecule has 0 saturated heterocycles. The normalized spacial score (nSPS) is 15.3. The van der Waals surface area contributed by atoms with E-state index in [1.807, 2.05) is 6.07 Å². The van der Waals surface area contributed by atoms with Crippen molar-refractivity contribution in [2.45, 2.75) is 58.5 Å². The molecule has 0 saturated carbocycles. The van der Waals surface area contributed by atoms with E-state index in [9.17, 15) is 4.79 Å². The zero-order valence-corrected chi connectivity index (χ0v) is 12.5. The Hall–Kier alpha value is -1.09. The molecule has 0 amide bonds. The van der Waals surface area contributed by atoms with Crippen LogP contribution in [0.25, 0.3) is 0 Å². The molecule has 1 heterocycles. The van der Waals surface area contributed by atoms with Crippen molar-refractivity contribution >= 4 is 5.78 Å². The molecular formula is C16H26N2O. The fourth-order valence-electron chi connectivity index (χ4n) is 2.70. The molecule has 1 aromatic rings. The number of Topliss-reactive ketones (excluding diaryl/α,β-unsaturated/α-hetero) is 1. The first kappa shape index (κ1) is 14.3. The summed E-state index contributed by atoms with van der Waals surface area (Å²) in [6.07, 6.45) is 7.32. The summed E-state index contributed by atoms with van der Waals surface area (Å²) in [5.74, 6) is 0.333. The fourth-order valence-corrected chi connectivity index (χ4v) is 2.70. The number of hydrogen-bond acceptors (Lipinski definition) is 2. The van der Waals surface area contributed by atoms with Crippen molar-refractivity contribution in [3.05, 3.63) is 23.5 Å². The third kappa shape index (κ3) is 3.47. The molecule has 0 N–H and O–H groups in total. The molecule has 106 valence electrons. The highest BCUT2D eigenvalue weighted by Crippen LogP contribution is 2.22. The Morgan fingerprint density at radius 3 is 2.84 bits per heavy atom. The maximum absolute atomic E-state index is 11.8. The summed E-state index contributed by atoms with van der Waals surface area (Å²) in [6, 6.07) is 2.63. The van der Waals surface area contributed by atoms with Crippen molar-refractivity contribution in [2.24, 2.45) is 0 Å². The van der Waals surface area contributed by atoms with E-state index in [4.69, 9.17) is 0 Å². The molecule has 0 fully saturated rings. The lowest BCUT2D eigenvalue weighted by molar-refractivity contribution is 0.0971. The van der Waals surface area contributed by atoms with Crippen LogP contribution in [0.2, 0.25) is 0 Å². The number of carbonyl (C=O) groups excluding carboxylic acids is 1. The van der Waals surface area contributed by atoms with Crippen molar-refractivity contribution in [1.29, 1.82) is 0 Å². The van der Waals surface area contributed by atoms with Gasteiger partial charge in [-0.15, -0.1) is 0 Å². The molecule has 0 atom stereocenters. The molecule has 19 heavy (non-hydrogen) atoms. The molecule has 3 heteroatoms. The Bertz CT molecular complexity index is 434. The van der Waals surface area contributed by atoms with E-state index in [1.54, 1.807) is 0 Å². The van der Waals surface area contributed by atoms with Crippen LogP contribution >= 0.6 is 0 Å². The Kier molecular flexibility index (Phi) is 4.81. The van der Waals surface area contributed by atoms with E-state index < -0.39 is 0 Å². The zero-order valence-electron chi connectivity index (χ0n) is 12.5. The second kappa shape index (κ2) is 6.38. The highest BCUT2D eigenvalue weighted by Gasteiger charge is 2.20. The first-order valence-electron chi connectivity index (χ1n) is 7.51. The SMILES string of the molecule is CC(C)N(C)CCCCn1ccc2c1CCCC2=O. The lowest BCUT2D eigenvalue weighted by Gasteiger charge is -2.21. The van der Waals surface area contributed by atoms with Crippen LogP contribution in [0.3, 0.4) is 0 Å². The van der Waals surface area contributed by atoms with E-state index in [-0.39, 0.29) is 0 Å². The average Bonchev–Trinajstić information content (AvgIpc) is 2.79. The Morgan fingerprint density at radius 1 is 1.32 bits per heavy atom. The maximum atomic E-state index is 11.8. The Morgan fingerprint density at radius 2 is 2.11 bits per heavy atom. The van der Waals surface area contributed by atoms with Crippen molar-refractivity contribution < 1.29 is 4.79 Å². The minimum absolute atomic E-state index is 0.333. The molecule has 1 aliphatic carbocycles. The number of rotatable bonds is 6. The summed E-state index contributed by atoms with van der Waals surface area (Å²) in [5.41, 5.74) is 2.25. The molecule has 1 aromatic heterocycles. The van der Waals surface area contributed by atoms with Crippen LogP contribution in [-0.4, -0.2) is 34.9 Å². The van der Waals surface area contributed by atoms with Crippen LogP contribution in [0.15, 0.2) is 12.3 Å². The number of hydrogen-bond donors (Lipinski definition) is 0.